The largest absolute Gasteiger partial charge is 0.452 e. The van der Waals surface area contributed by atoms with E-state index >= 15 is 0 Å². The number of hydrogen-bond acceptors (Lipinski definition) is 4. The number of anilines is 1. The number of ether oxygens (including phenoxy) is 1. The van der Waals surface area contributed by atoms with Gasteiger partial charge in [0.2, 0.25) is 0 Å². The molecule has 0 radical (unpaired) electrons. The van der Waals surface area contributed by atoms with E-state index in [1.54, 1.807) is 6.92 Å². The maximum atomic E-state index is 12.9. The van der Waals surface area contributed by atoms with Crippen LogP contribution in [0.3, 0.4) is 0 Å². The first-order valence-corrected chi connectivity index (χ1v) is 9.28. The van der Waals surface area contributed by atoms with Crippen molar-refractivity contribution in [1.82, 2.24) is 0 Å². The van der Waals surface area contributed by atoms with Gasteiger partial charge in [0, 0.05) is 17.5 Å². The normalized spacial score (nSPS) is 26.1. The molecule has 2 saturated carbocycles. The summed E-state index contributed by atoms with van der Waals surface area (Å²) in [6, 6.07) is 5.41. The summed E-state index contributed by atoms with van der Waals surface area (Å²) in [4.78, 5) is 37.0. The van der Waals surface area contributed by atoms with E-state index in [4.69, 9.17) is 4.74 Å². The lowest BCUT2D eigenvalue weighted by molar-refractivity contribution is -0.162. The standard InChI is InChI=1S/C20H24FNO4/c1-2-17(19(24)22-16-8-6-15(21)7-9-16)26-20(25)14-10-12-4-3-5-13(11-14)18(12)23/h6-9,12-14,17H,2-5,10-11H2,1H3,(H,22,24)/t12-,13+,14?,17-/m0/s1. The first-order valence-electron chi connectivity index (χ1n) is 9.28. The molecule has 0 aliphatic heterocycles. The molecule has 2 aliphatic carbocycles. The zero-order valence-corrected chi connectivity index (χ0v) is 14.9. The smallest absolute Gasteiger partial charge is 0.309 e. The van der Waals surface area contributed by atoms with Crippen LogP contribution >= 0.6 is 0 Å². The first kappa shape index (κ1) is 18.5. The van der Waals surface area contributed by atoms with Crippen molar-refractivity contribution in [2.24, 2.45) is 17.8 Å². The Hall–Kier alpha value is -2.24. The van der Waals surface area contributed by atoms with E-state index in [1.807, 2.05) is 0 Å². The molecule has 1 N–H and O–H groups in total. The van der Waals surface area contributed by atoms with E-state index in [0.29, 0.717) is 30.7 Å². The van der Waals surface area contributed by atoms with Crippen molar-refractivity contribution in [3.05, 3.63) is 30.1 Å². The fourth-order valence-electron chi connectivity index (χ4n) is 3.99. The highest BCUT2D eigenvalue weighted by Crippen LogP contribution is 2.40. The van der Waals surface area contributed by atoms with Gasteiger partial charge in [0.25, 0.3) is 5.91 Å². The summed E-state index contributed by atoms with van der Waals surface area (Å²) in [5.41, 5.74) is 0.448. The number of benzene rings is 1. The van der Waals surface area contributed by atoms with Crippen molar-refractivity contribution in [1.29, 1.82) is 0 Å². The van der Waals surface area contributed by atoms with Crippen LogP contribution in [0.15, 0.2) is 24.3 Å². The Labute approximate surface area is 152 Å². The molecule has 3 rings (SSSR count). The molecule has 140 valence electrons. The van der Waals surface area contributed by atoms with Crippen LogP contribution in [0.1, 0.15) is 45.4 Å². The zero-order chi connectivity index (χ0) is 18.7. The fraction of sp³-hybridized carbons (Fsp3) is 0.550. The summed E-state index contributed by atoms with van der Waals surface area (Å²) in [5.74, 6) is -1.30. The Balaban J connectivity index is 1.58. The number of carbonyl (C=O) groups is 3. The lowest BCUT2D eigenvalue weighted by Gasteiger charge is -2.36. The van der Waals surface area contributed by atoms with Crippen LogP contribution in [0.25, 0.3) is 0 Å². The third kappa shape index (κ3) is 4.11. The third-order valence-corrected chi connectivity index (χ3v) is 5.41. The van der Waals surface area contributed by atoms with Crippen LogP contribution in [0.5, 0.6) is 0 Å². The molecule has 1 aromatic rings. The molecule has 1 amide bonds. The predicted octanol–water partition coefficient (Wildman–Crippen LogP) is 3.48. The van der Waals surface area contributed by atoms with Gasteiger partial charge >= 0.3 is 5.97 Å². The van der Waals surface area contributed by atoms with E-state index in [2.05, 4.69) is 5.32 Å². The Morgan fingerprint density at radius 3 is 2.38 bits per heavy atom. The summed E-state index contributed by atoms with van der Waals surface area (Å²) in [6.45, 7) is 1.77. The van der Waals surface area contributed by atoms with Crippen molar-refractivity contribution in [2.75, 3.05) is 5.32 Å². The van der Waals surface area contributed by atoms with Crippen molar-refractivity contribution >= 4 is 23.3 Å². The zero-order valence-electron chi connectivity index (χ0n) is 14.9. The van der Waals surface area contributed by atoms with Crippen LogP contribution in [0.2, 0.25) is 0 Å². The summed E-state index contributed by atoms with van der Waals surface area (Å²) < 4.78 is 18.4. The van der Waals surface area contributed by atoms with Gasteiger partial charge in [-0.2, -0.15) is 0 Å². The molecule has 2 aliphatic rings. The average molecular weight is 361 g/mol. The number of halogens is 1. The summed E-state index contributed by atoms with van der Waals surface area (Å²) in [7, 11) is 0. The number of nitrogens with one attached hydrogen (secondary N) is 1. The molecule has 0 aromatic heterocycles. The van der Waals surface area contributed by atoms with Crippen molar-refractivity contribution in [3.8, 4) is 0 Å². The fourth-order valence-corrected chi connectivity index (χ4v) is 3.99. The SMILES string of the molecule is CC[C@H](OC(=O)C1C[C@H]2CCC[C@@H](C1)C2=O)C(=O)Nc1ccc(F)cc1. The second kappa shape index (κ2) is 7.98. The van der Waals surface area contributed by atoms with E-state index in [-0.39, 0.29) is 23.6 Å². The number of ketones is 1. The number of amides is 1. The average Bonchev–Trinajstić information content (AvgIpc) is 2.61. The lowest BCUT2D eigenvalue weighted by Crippen LogP contribution is -2.41. The van der Waals surface area contributed by atoms with E-state index < -0.39 is 18.0 Å². The van der Waals surface area contributed by atoms with Gasteiger partial charge < -0.3 is 10.1 Å². The number of Topliss-reactive ketones (excluding diaryl/α,β-unsaturated/α-hetero) is 1. The second-order valence-corrected chi connectivity index (χ2v) is 7.23. The van der Waals surface area contributed by atoms with Gasteiger partial charge in [-0.15, -0.1) is 0 Å². The highest BCUT2D eigenvalue weighted by Gasteiger charge is 2.42. The number of rotatable bonds is 5. The van der Waals surface area contributed by atoms with Crippen LogP contribution in [-0.2, 0) is 19.1 Å². The van der Waals surface area contributed by atoms with E-state index in [1.165, 1.54) is 24.3 Å². The molecule has 0 spiro atoms. The highest BCUT2D eigenvalue weighted by atomic mass is 19.1. The van der Waals surface area contributed by atoms with Gasteiger partial charge in [-0.3, -0.25) is 14.4 Å². The molecular weight excluding hydrogens is 337 g/mol. The summed E-state index contributed by atoms with van der Waals surface area (Å²) in [6.07, 6.45) is 3.25. The van der Waals surface area contributed by atoms with Gasteiger partial charge in [0.05, 0.1) is 5.92 Å². The van der Waals surface area contributed by atoms with Crippen LogP contribution in [0, 0.1) is 23.6 Å². The Kier molecular flexibility index (Phi) is 5.69. The molecule has 2 bridgehead atoms. The maximum absolute atomic E-state index is 12.9. The quantitative estimate of drug-likeness (QED) is 0.815. The molecule has 5 nitrogen and oxygen atoms in total. The molecular formula is C20H24FNO4. The minimum atomic E-state index is -0.898. The van der Waals surface area contributed by atoms with Crippen molar-refractivity contribution in [3.63, 3.8) is 0 Å². The van der Waals surface area contributed by atoms with Crippen molar-refractivity contribution in [2.45, 2.75) is 51.6 Å². The van der Waals surface area contributed by atoms with Crippen molar-refractivity contribution < 1.29 is 23.5 Å². The minimum Gasteiger partial charge on any atom is -0.452 e. The Morgan fingerprint density at radius 2 is 1.81 bits per heavy atom. The second-order valence-electron chi connectivity index (χ2n) is 7.23. The summed E-state index contributed by atoms with van der Waals surface area (Å²) >= 11 is 0. The number of esters is 1. The van der Waals surface area contributed by atoms with Gasteiger partial charge in [-0.25, -0.2) is 4.39 Å². The molecule has 2 fully saturated rings. The van der Waals surface area contributed by atoms with Gasteiger partial charge in [-0.05, 0) is 56.4 Å². The summed E-state index contributed by atoms with van der Waals surface area (Å²) in [5, 5.41) is 2.64. The van der Waals surface area contributed by atoms with Crippen LogP contribution in [-0.4, -0.2) is 23.8 Å². The third-order valence-electron chi connectivity index (χ3n) is 5.41. The van der Waals surface area contributed by atoms with E-state index in [9.17, 15) is 18.8 Å². The molecule has 0 heterocycles. The highest BCUT2D eigenvalue weighted by molar-refractivity contribution is 5.95. The maximum Gasteiger partial charge on any atom is 0.309 e. The van der Waals surface area contributed by atoms with Gasteiger partial charge in [-0.1, -0.05) is 13.3 Å². The van der Waals surface area contributed by atoms with Crippen LogP contribution in [0.4, 0.5) is 10.1 Å². The number of fused-ring (bicyclic) bond motifs is 2. The number of hydrogen-bond donors (Lipinski definition) is 1. The molecule has 0 saturated heterocycles. The van der Waals surface area contributed by atoms with E-state index in [0.717, 1.165) is 19.3 Å². The van der Waals surface area contributed by atoms with Gasteiger partial charge in [0.15, 0.2) is 6.10 Å². The molecule has 6 heteroatoms. The number of carbonyl (C=O) groups excluding carboxylic acids is 3. The molecule has 4 atom stereocenters. The molecule has 1 unspecified atom stereocenters. The van der Waals surface area contributed by atoms with Gasteiger partial charge in [0.1, 0.15) is 11.6 Å². The Morgan fingerprint density at radius 1 is 1.19 bits per heavy atom. The first-order chi connectivity index (χ1) is 12.5. The topological polar surface area (TPSA) is 72.5 Å². The monoisotopic (exact) mass is 361 g/mol. The molecule has 1 aromatic carbocycles. The Bertz CT molecular complexity index is 672. The van der Waals surface area contributed by atoms with Crippen LogP contribution < -0.4 is 5.32 Å². The molecule has 26 heavy (non-hydrogen) atoms. The predicted molar refractivity (Wildman–Crippen MR) is 93.8 cm³/mol. The lowest BCUT2D eigenvalue weighted by atomic mass is 9.67. The minimum absolute atomic E-state index is 0.0341.